The molecule has 0 rings (SSSR count). The van der Waals surface area contributed by atoms with Crippen molar-refractivity contribution in [1.82, 2.24) is 4.90 Å². The van der Waals surface area contributed by atoms with Gasteiger partial charge in [0.2, 0.25) is 5.91 Å². The number of nitrogens with zero attached hydrogens (tertiary/aromatic N) is 1. The van der Waals surface area contributed by atoms with E-state index in [0.29, 0.717) is 17.5 Å². The van der Waals surface area contributed by atoms with E-state index in [0.717, 1.165) is 38.8 Å². The predicted octanol–water partition coefficient (Wildman–Crippen LogP) is 2.50. The van der Waals surface area contributed by atoms with Crippen LogP contribution in [0.2, 0.25) is 0 Å². The minimum Gasteiger partial charge on any atom is -0.342 e. The second-order valence-corrected chi connectivity index (χ2v) is 5.87. The molecule has 0 aliphatic rings. The second kappa shape index (κ2) is 10.9. The highest BCUT2D eigenvalue weighted by Gasteiger charge is 2.13. The summed E-state index contributed by atoms with van der Waals surface area (Å²) in [6.45, 7) is 8.85. The zero-order chi connectivity index (χ0) is 13.1. The number of hydrogen-bond donors (Lipinski definition) is 1. The van der Waals surface area contributed by atoms with Crippen molar-refractivity contribution < 1.29 is 4.79 Å². The highest BCUT2D eigenvalue weighted by Crippen LogP contribution is 2.11. The monoisotopic (exact) mass is 260 g/mol. The zero-order valence-corrected chi connectivity index (χ0v) is 12.4. The lowest BCUT2D eigenvalue weighted by atomic mass is 10.2. The van der Waals surface area contributed by atoms with E-state index in [4.69, 9.17) is 5.73 Å². The average Bonchev–Trinajstić information content (AvgIpc) is 2.35. The molecule has 0 aromatic carbocycles. The molecule has 0 aromatic heterocycles. The van der Waals surface area contributed by atoms with Gasteiger partial charge < -0.3 is 10.6 Å². The van der Waals surface area contributed by atoms with Crippen molar-refractivity contribution in [3.63, 3.8) is 0 Å². The van der Waals surface area contributed by atoms with Gasteiger partial charge in [-0.15, -0.1) is 11.8 Å². The first-order valence-corrected chi connectivity index (χ1v) is 7.79. The lowest BCUT2D eigenvalue weighted by molar-refractivity contribution is -0.128. The lowest BCUT2D eigenvalue weighted by Gasteiger charge is -2.23. The summed E-state index contributed by atoms with van der Waals surface area (Å²) in [7, 11) is 0. The van der Waals surface area contributed by atoms with Gasteiger partial charge in [0, 0.05) is 24.9 Å². The summed E-state index contributed by atoms with van der Waals surface area (Å²) in [5, 5.41) is 0.373. The van der Waals surface area contributed by atoms with Crippen molar-refractivity contribution in [3.05, 3.63) is 0 Å². The van der Waals surface area contributed by atoms with Crippen LogP contribution in [0.3, 0.4) is 0 Å². The van der Waals surface area contributed by atoms with Crippen LogP contribution in [0, 0.1) is 0 Å². The van der Waals surface area contributed by atoms with Gasteiger partial charge >= 0.3 is 0 Å². The van der Waals surface area contributed by atoms with Gasteiger partial charge in [0.15, 0.2) is 0 Å². The summed E-state index contributed by atoms with van der Waals surface area (Å²) in [4.78, 5) is 14.1. The van der Waals surface area contributed by atoms with Gasteiger partial charge in [-0.25, -0.2) is 0 Å². The van der Waals surface area contributed by atoms with Crippen molar-refractivity contribution in [3.8, 4) is 0 Å². The maximum atomic E-state index is 12.0. The first-order chi connectivity index (χ1) is 8.15. The van der Waals surface area contributed by atoms with Crippen LogP contribution < -0.4 is 5.73 Å². The Balaban J connectivity index is 4.02. The van der Waals surface area contributed by atoms with Crippen LogP contribution in [0.1, 0.15) is 46.5 Å². The smallest absolute Gasteiger partial charge is 0.232 e. The largest absolute Gasteiger partial charge is 0.342 e. The summed E-state index contributed by atoms with van der Waals surface area (Å²) in [5.74, 6) is 0.850. The number of nitrogens with two attached hydrogens (primary N) is 1. The molecule has 0 radical (unpaired) electrons. The lowest BCUT2D eigenvalue weighted by Crippen LogP contribution is -2.34. The fourth-order valence-electron chi connectivity index (χ4n) is 1.43. The molecule has 1 atom stereocenters. The fraction of sp³-hybridized carbons (Fsp3) is 0.923. The first-order valence-electron chi connectivity index (χ1n) is 6.75. The SMILES string of the molecule is CCCCN(CCCC)C(=O)CSC(C)CN. The second-order valence-electron chi connectivity index (χ2n) is 4.45. The molecule has 0 aliphatic heterocycles. The van der Waals surface area contributed by atoms with Crippen LogP contribution in [0.15, 0.2) is 0 Å². The van der Waals surface area contributed by atoms with Gasteiger partial charge in [0.1, 0.15) is 0 Å². The molecule has 0 saturated heterocycles. The van der Waals surface area contributed by atoms with E-state index >= 15 is 0 Å². The highest BCUT2D eigenvalue weighted by atomic mass is 32.2. The summed E-state index contributed by atoms with van der Waals surface area (Å²) >= 11 is 1.66. The zero-order valence-electron chi connectivity index (χ0n) is 11.6. The highest BCUT2D eigenvalue weighted by molar-refractivity contribution is 8.00. The Kier molecular flexibility index (Phi) is 10.8. The van der Waals surface area contributed by atoms with Crippen molar-refractivity contribution in [2.24, 2.45) is 5.73 Å². The van der Waals surface area contributed by atoms with Gasteiger partial charge in [0.25, 0.3) is 0 Å². The van der Waals surface area contributed by atoms with Crippen LogP contribution in [-0.2, 0) is 4.79 Å². The van der Waals surface area contributed by atoms with E-state index in [1.54, 1.807) is 11.8 Å². The van der Waals surface area contributed by atoms with Crippen LogP contribution in [-0.4, -0.2) is 41.4 Å². The van der Waals surface area contributed by atoms with Crippen LogP contribution >= 0.6 is 11.8 Å². The van der Waals surface area contributed by atoms with Crippen LogP contribution in [0.25, 0.3) is 0 Å². The molecule has 2 N–H and O–H groups in total. The van der Waals surface area contributed by atoms with Gasteiger partial charge in [-0.05, 0) is 12.8 Å². The quantitative estimate of drug-likeness (QED) is 0.656. The van der Waals surface area contributed by atoms with Crippen molar-refractivity contribution in [2.75, 3.05) is 25.4 Å². The molecule has 0 fully saturated rings. The van der Waals surface area contributed by atoms with E-state index in [1.807, 2.05) is 4.90 Å². The minimum absolute atomic E-state index is 0.275. The molecule has 4 heteroatoms. The Morgan fingerprint density at radius 3 is 2.18 bits per heavy atom. The minimum atomic E-state index is 0.275. The number of rotatable bonds is 10. The Hall–Kier alpha value is -0.220. The van der Waals surface area contributed by atoms with Crippen molar-refractivity contribution in [1.29, 1.82) is 0 Å². The number of unbranched alkanes of at least 4 members (excludes halogenated alkanes) is 2. The molecular weight excluding hydrogens is 232 g/mol. The Morgan fingerprint density at radius 2 is 1.76 bits per heavy atom. The number of thioether (sulfide) groups is 1. The third kappa shape index (κ3) is 8.50. The molecule has 0 aromatic rings. The Morgan fingerprint density at radius 1 is 1.24 bits per heavy atom. The predicted molar refractivity (Wildman–Crippen MR) is 77.4 cm³/mol. The molecular formula is C13H28N2OS. The summed E-state index contributed by atoms with van der Waals surface area (Å²) in [6.07, 6.45) is 4.49. The third-order valence-corrected chi connectivity index (χ3v) is 3.91. The summed E-state index contributed by atoms with van der Waals surface area (Å²) in [6, 6.07) is 0. The topological polar surface area (TPSA) is 46.3 Å². The third-order valence-electron chi connectivity index (χ3n) is 2.74. The molecule has 3 nitrogen and oxygen atoms in total. The molecule has 0 saturated carbocycles. The number of amides is 1. The van der Waals surface area contributed by atoms with E-state index in [2.05, 4.69) is 20.8 Å². The summed E-state index contributed by atoms with van der Waals surface area (Å²) < 4.78 is 0. The Labute approximate surface area is 111 Å². The number of carbonyl (C=O) groups is 1. The first kappa shape index (κ1) is 16.8. The molecule has 1 amide bonds. The van der Waals surface area contributed by atoms with Gasteiger partial charge in [0.05, 0.1) is 5.75 Å². The maximum absolute atomic E-state index is 12.0. The van der Waals surface area contributed by atoms with Crippen LogP contribution in [0.5, 0.6) is 0 Å². The molecule has 0 spiro atoms. The maximum Gasteiger partial charge on any atom is 0.232 e. The number of hydrogen-bond acceptors (Lipinski definition) is 3. The molecule has 0 aliphatic carbocycles. The van der Waals surface area contributed by atoms with E-state index in [9.17, 15) is 4.79 Å². The summed E-state index contributed by atoms with van der Waals surface area (Å²) in [5.41, 5.74) is 5.55. The van der Waals surface area contributed by atoms with E-state index in [1.165, 1.54) is 0 Å². The molecule has 0 heterocycles. The van der Waals surface area contributed by atoms with E-state index in [-0.39, 0.29) is 5.91 Å². The van der Waals surface area contributed by atoms with Crippen molar-refractivity contribution in [2.45, 2.75) is 51.7 Å². The molecule has 17 heavy (non-hydrogen) atoms. The fourth-order valence-corrected chi connectivity index (χ4v) is 2.18. The number of carbonyl (C=O) groups excluding carboxylic acids is 1. The van der Waals surface area contributed by atoms with Gasteiger partial charge in [-0.1, -0.05) is 33.6 Å². The van der Waals surface area contributed by atoms with E-state index < -0.39 is 0 Å². The van der Waals surface area contributed by atoms with Crippen LogP contribution in [0.4, 0.5) is 0 Å². The van der Waals surface area contributed by atoms with Crippen molar-refractivity contribution >= 4 is 17.7 Å². The van der Waals surface area contributed by atoms with Gasteiger partial charge in [-0.2, -0.15) is 0 Å². The standard InChI is InChI=1S/C13H28N2OS/c1-4-6-8-15(9-7-5-2)13(16)11-17-12(3)10-14/h12H,4-11,14H2,1-3H3. The average molecular weight is 260 g/mol. The van der Waals surface area contributed by atoms with Gasteiger partial charge in [-0.3, -0.25) is 4.79 Å². The normalized spacial score (nSPS) is 12.5. The molecule has 1 unspecified atom stereocenters. The Bertz CT molecular complexity index is 192. The molecule has 102 valence electrons. The molecule has 0 bridgehead atoms.